The number of carbonyl (C=O) groups excluding carboxylic acids is 1. The molecule has 7 heteroatoms. The summed E-state index contributed by atoms with van der Waals surface area (Å²) in [5.74, 6) is -0.437. The molecule has 0 aliphatic heterocycles. The minimum absolute atomic E-state index is 0.0545. The second kappa shape index (κ2) is 7.06. The highest BCUT2D eigenvalue weighted by atomic mass is 35.5. The lowest BCUT2D eigenvalue weighted by Crippen LogP contribution is -2.30. The third kappa shape index (κ3) is 3.90. The van der Waals surface area contributed by atoms with Crippen molar-refractivity contribution in [1.82, 2.24) is 10.2 Å². The Labute approximate surface area is 116 Å². The van der Waals surface area contributed by atoms with Gasteiger partial charge in [-0.1, -0.05) is 17.7 Å². The van der Waals surface area contributed by atoms with Crippen LogP contribution in [0.4, 0.5) is 5.69 Å². The average molecular weight is 286 g/mol. The largest absolute Gasteiger partial charge is 0.341 e. The van der Waals surface area contributed by atoms with Crippen LogP contribution in [-0.2, 0) is 0 Å². The van der Waals surface area contributed by atoms with Crippen molar-refractivity contribution in [3.63, 3.8) is 0 Å². The first kappa shape index (κ1) is 15.4. The molecule has 0 atom stereocenters. The number of hydrogen-bond acceptors (Lipinski definition) is 4. The Balaban J connectivity index is 2.95. The summed E-state index contributed by atoms with van der Waals surface area (Å²) in [4.78, 5) is 24.0. The van der Waals surface area contributed by atoms with E-state index in [2.05, 4.69) is 5.32 Å². The Morgan fingerprint density at radius 1 is 1.53 bits per heavy atom. The van der Waals surface area contributed by atoms with Gasteiger partial charge in [0.1, 0.15) is 5.56 Å². The summed E-state index contributed by atoms with van der Waals surface area (Å²) in [5, 5.41) is 14.0. The van der Waals surface area contributed by atoms with Gasteiger partial charge in [0.25, 0.3) is 11.6 Å². The minimum Gasteiger partial charge on any atom is -0.341 e. The van der Waals surface area contributed by atoms with Crippen LogP contribution in [0.5, 0.6) is 0 Å². The number of hydrogen-bond donors (Lipinski definition) is 1. The van der Waals surface area contributed by atoms with Crippen molar-refractivity contribution in [2.24, 2.45) is 0 Å². The summed E-state index contributed by atoms with van der Waals surface area (Å²) in [6, 6.07) is 4.21. The third-order valence-electron chi connectivity index (χ3n) is 2.67. The molecule has 0 aromatic heterocycles. The zero-order valence-corrected chi connectivity index (χ0v) is 11.6. The van der Waals surface area contributed by atoms with Gasteiger partial charge in [-0.3, -0.25) is 14.9 Å². The molecule has 1 aromatic rings. The van der Waals surface area contributed by atoms with Gasteiger partial charge in [-0.25, -0.2) is 0 Å². The Kier molecular flexibility index (Phi) is 5.72. The van der Waals surface area contributed by atoms with Crippen LogP contribution in [0.15, 0.2) is 18.2 Å². The van der Waals surface area contributed by atoms with E-state index in [-0.39, 0.29) is 16.3 Å². The maximum atomic E-state index is 12.2. The number of nitrogens with one attached hydrogen (secondary N) is 1. The average Bonchev–Trinajstić information content (AvgIpc) is 2.37. The first-order valence-corrected chi connectivity index (χ1v) is 6.19. The molecule has 0 radical (unpaired) electrons. The van der Waals surface area contributed by atoms with Crippen LogP contribution < -0.4 is 5.32 Å². The lowest BCUT2D eigenvalue weighted by Gasteiger charge is -2.17. The van der Waals surface area contributed by atoms with Gasteiger partial charge in [0.15, 0.2) is 0 Å². The van der Waals surface area contributed by atoms with Gasteiger partial charge < -0.3 is 10.2 Å². The molecule has 0 saturated carbocycles. The second-order valence-corrected chi connectivity index (χ2v) is 4.48. The number of benzene rings is 1. The van der Waals surface area contributed by atoms with E-state index in [9.17, 15) is 14.9 Å². The van der Waals surface area contributed by atoms with Crippen molar-refractivity contribution < 1.29 is 9.72 Å². The number of amides is 1. The molecule has 0 unspecified atom stereocenters. The van der Waals surface area contributed by atoms with E-state index in [1.165, 1.54) is 23.1 Å². The molecule has 0 spiro atoms. The molecule has 1 N–H and O–H groups in total. The number of nitrogens with zero attached hydrogens (tertiary/aromatic N) is 2. The molecule has 0 fully saturated rings. The Morgan fingerprint density at radius 3 is 2.79 bits per heavy atom. The highest BCUT2D eigenvalue weighted by Crippen LogP contribution is 2.27. The van der Waals surface area contributed by atoms with Gasteiger partial charge in [-0.2, -0.15) is 0 Å². The summed E-state index contributed by atoms with van der Waals surface area (Å²) in [7, 11) is 3.42. The van der Waals surface area contributed by atoms with Crippen LogP contribution >= 0.6 is 11.6 Å². The minimum atomic E-state index is -0.597. The van der Waals surface area contributed by atoms with E-state index in [4.69, 9.17) is 11.6 Å². The summed E-state index contributed by atoms with van der Waals surface area (Å²) >= 11 is 5.91. The molecule has 0 aliphatic rings. The first-order valence-electron chi connectivity index (χ1n) is 5.82. The van der Waals surface area contributed by atoms with Crippen molar-refractivity contribution >= 4 is 23.2 Å². The van der Waals surface area contributed by atoms with E-state index in [0.29, 0.717) is 6.54 Å². The van der Waals surface area contributed by atoms with Gasteiger partial charge in [0.2, 0.25) is 0 Å². The van der Waals surface area contributed by atoms with E-state index in [0.717, 1.165) is 13.0 Å². The van der Waals surface area contributed by atoms with Crippen LogP contribution in [-0.4, -0.2) is 42.9 Å². The van der Waals surface area contributed by atoms with Gasteiger partial charge in [0, 0.05) is 19.7 Å². The van der Waals surface area contributed by atoms with E-state index in [1.54, 1.807) is 7.05 Å². The fourth-order valence-electron chi connectivity index (χ4n) is 1.66. The van der Waals surface area contributed by atoms with Crippen LogP contribution in [0.2, 0.25) is 5.02 Å². The maximum Gasteiger partial charge on any atom is 0.283 e. The van der Waals surface area contributed by atoms with Crippen molar-refractivity contribution in [3.05, 3.63) is 38.9 Å². The summed E-state index contributed by atoms with van der Waals surface area (Å²) in [6.45, 7) is 1.27. The summed E-state index contributed by atoms with van der Waals surface area (Å²) in [6.07, 6.45) is 0.761. The topological polar surface area (TPSA) is 75.5 Å². The third-order valence-corrected chi connectivity index (χ3v) is 2.98. The van der Waals surface area contributed by atoms with Gasteiger partial charge in [-0.15, -0.1) is 0 Å². The van der Waals surface area contributed by atoms with E-state index >= 15 is 0 Å². The van der Waals surface area contributed by atoms with Gasteiger partial charge >= 0.3 is 0 Å². The standard InChI is InChI=1S/C12H16ClN3O3/c1-14-7-4-8-15(2)12(17)11-9(13)5-3-6-10(11)16(18)19/h3,5-6,14H,4,7-8H2,1-2H3. The predicted molar refractivity (Wildman–Crippen MR) is 73.6 cm³/mol. The molecule has 1 rings (SSSR count). The SMILES string of the molecule is CNCCCN(C)C(=O)c1c(Cl)cccc1[N+](=O)[O-]. The normalized spacial score (nSPS) is 10.3. The van der Waals surface area contributed by atoms with Crippen molar-refractivity contribution in [2.45, 2.75) is 6.42 Å². The zero-order valence-electron chi connectivity index (χ0n) is 10.9. The van der Waals surface area contributed by atoms with Crippen LogP contribution in [0.25, 0.3) is 0 Å². The molecule has 0 aliphatic carbocycles. The van der Waals surface area contributed by atoms with Crippen LogP contribution in [0.3, 0.4) is 0 Å². The Hall–Kier alpha value is -1.66. The molecule has 6 nitrogen and oxygen atoms in total. The quantitative estimate of drug-likeness (QED) is 0.492. The number of carbonyl (C=O) groups is 1. The molecular weight excluding hydrogens is 270 g/mol. The van der Waals surface area contributed by atoms with Crippen molar-refractivity contribution in [3.8, 4) is 0 Å². The van der Waals surface area contributed by atoms with E-state index in [1.807, 2.05) is 7.05 Å². The number of nitro groups is 1. The molecule has 1 amide bonds. The fraction of sp³-hybridized carbons (Fsp3) is 0.417. The number of rotatable bonds is 6. The summed E-state index contributed by atoms with van der Waals surface area (Å²) in [5.41, 5.74) is -0.320. The molecule has 1 aromatic carbocycles. The smallest absolute Gasteiger partial charge is 0.283 e. The monoisotopic (exact) mass is 285 g/mol. The second-order valence-electron chi connectivity index (χ2n) is 4.07. The first-order chi connectivity index (χ1) is 8.99. The zero-order chi connectivity index (χ0) is 14.4. The highest BCUT2D eigenvalue weighted by molar-refractivity contribution is 6.34. The molecule has 0 saturated heterocycles. The summed E-state index contributed by atoms with van der Waals surface area (Å²) < 4.78 is 0. The van der Waals surface area contributed by atoms with Gasteiger partial charge in [-0.05, 0) is 26.1 Å². The Bertz CT molecular complexity index is 479. The van der Waals surface area contributed by atoms with E-state index < -0.39 is 10.8 Å². The predicted octanol–water partition coefficient (Wildman–Crippen LogP) is 1.93. The van der Waals surface area contributed by atoms with Crippen molar-refractivity contribution in [1.29, 1.82) is 0 Å². The van der Waals surface area contributed by atoms with Crippen molar-refractivity contribution in [2.75, 3.05) is 27.2 Å². The molecule has 104 valence electrons. The number of halogens is 1. The van der Waals surface area contributed by atoms with Gasteiger partial charge in [0.05, 0.1) is 9.95 Å². The number of nitro benzene ring substituents is 1. The Morgan fingerprint density at radius 2 is 2.21 bits per heavy atom. The maximum absolute atomic E-state index is 12.2. The highest BCUT2D eigenvalue weighted by Gasteiger charge is 2.25. The molecule has 0 heterocycles. The lowest BCUT2D eigenvalue weighted by atomic mass is 10.1. The lowest BCUT2D eigenvalue weighted by molar-refractivity contribution is -0.385. The molecular formula is C12H16ClN3O3. The van der Waals surface area contributed by atoms with Crippen LogP contribution in [0, 0.1) is 10.1 Å². The fourth-order valence-corrected chi connectivity index (χ4v) is 1.91. The molecule has 19 heavy (non-hydrogen) atoms. The van der Waals surface area contributed by atoms with Crippen LogP contribution in [0.1, 0.15) is 16.8 Å². The molecule has 0 bridgehead atoms.